The fourth-order valence-corrected chi connectivity index (χ4v) is 1.81. The van der Waals surface area contributed by atoms with Gasteiger partial charge in [0.25, 0.3) is 0 Å². The van der Waals surface area contributed by atoms with Gasteiger partial charge in [0.2, 0.25) is 0 Å². The molecule has 2 N–H and O–H groups in total. The van der Waals surface area contributed by atoms with Crippen molar-refractivity contribution in [2.24, 2.45) is 5.92 Å². The Hall–Kier alpha value is -1.46. The van der Waals surface area contributed by atoms with Crippen LogP contribution in [0.3, 0.4) is 0 Å². The molecule has 2 unspecified atom stereocenters. The average Bonchev–Trinajstić information content (AvgIpc) is 2.79. The Morgan fingerprint density at radius 2 is 2.50 bits per heavy atom. The number of rotatable bonds is 3. The van der Waals surface area contributed by atoms with Crippen molar-refractivity contribution in [2.75, 3.05) is 13.2 Å². The van der Waals surface area contributed by atoms with Crippen molar-refractivity contribution in [2.45, 2.75) is 13.0 Å². The van der Waals surface area contributed by atoms with E-state index in [1.807, 2.05) is 25.1 Å². The highest BCUT2D eigenvalue weighted by molar-refractivity contribution is 5.74. The highest BCUT2D eigenvalue weighted by atomic mass is 16.5. The van der Waals surface area contributed by atoms with Crippen molar-refractivity contribution >= 4 is 5.97 Å². The monoisotopic (exact) mass is 221 g/mol. The van der Waals surface area contributed by atoms with Gasteiger partial charge < -0.3 is 4.74 Å². The maximum atomic E-state index is 11.7. The first-order valence-electron chi connectivity index (χ1n) is 5.39. The van der Waals surface area contributed by atoms with Crippen molar-refractivity contribution in [3.05, 3.63) is 30.1 Å². The standard InChI is InChI=1S/C11H15N3O2/c1-2-16-11(15)8-7-13-14-10(8)9-5-3-4-6-12-9/h3-6,8,10,13-14H,2,7H2,1H3. The molecule has 0 radical (unpaired) electrons. The lowest BCUT2D eigenvalue weighted by Crippen LogP contribution is -2.27. The highest BCUT2D eigenvalue weighted by Gasteiger charge is 2.35. The number of carbonyl (C=O) groups excluding carboxylic acids is 1. The predicted molar refractivity (Wildman–Crippen MR) is 58.2 cm³/mol. The molecule has 0 bridgehead atoms. The molecule has 2 atom stereocenters. The van der Waals surface area contributed by atoms with Gasteiger partial charge in [-0.1, -0.05) is 6.07 Å². The summed E-state index contributed by atoms with van der Waals surface area (Å²) in [5.74, 6) is -0.398. The molecule has 2 heterocycles. The van der Waals surface area contributed by atoms with Crippen molar-refractivity contribution < 1.29 is 9.53 Å². The molecule has 1 aliphatic heterocycles. The molecule has 0 aromatic carbocycles. The maximum Gasteiger partial charge on any atom is 0.312 e. The minimum absolute atomic E-state index is 0.111. The number of nitrogens with zero attached hydrogens (tertiary/aromatic N) is 1. The number of nitrogens with one attached hydrogen (secondary N) is 2. The predicted octanol–water partition coefficient (Wildman–Crippen LogP) is 0.410. The number of carbonyl (C=O) groups is 1. The van der Waals surface area contributed by atoms with E-state index in [4.69, 9.17) is 4.74 Å². The van der Waals surface area contributed by atoms with Gasteiger partial charge in [-0.2, -0.15) is 0 Å². The molecule has 1 aliphatic rings. The van der Waals surface area contributed by atoms with Crippen molar-refractivity contribution in [1.82, 2.24) is 15.8 Å². The summed E-state index contributed by atoms with van der Waals surface area (Å²) in [5.41, 5.74) is 6.87. The Balaban J connectivity index is 2.12. The second kappa shape index (κ2) is 5.05. The molecule has 5 heteroatoms. The van der Waals surface area contributed by atoms with Crippen LogP contribution in [0.1, 0.15) is 18.7 Å². The van der Waals surface area contributed by atoms with Crippen LogP contribution in [0.15, 0.2) is 24.4 Å². The molecule has 0 amide bonds. The van der Waals surface area contributed by atoms with Crippen LogP contribution < -0.4 is 10.9 Å². The first-order valence-corrected chi connectivity index (χ1v) is 5.39. The van der Waals surface area contributed by atoms with E-state index < -0.39 is 0 Å². The van der Waals surface area contributed by atoms with Crippen LogP contribution in [0.4, 0.5) is 0 Å². The van der Waals surface area contributed by atoms with Crippen LogP contribution in [0.25, 0.3) is 0 Å². The van der Waals surface area contributed by atoms with Gasteiger partial charge in [0.1, 0.15) is 0 Å². The lowest BCUT2D eigenvalue weighted by molar-refractivity contribution is -0.147. The summed E-state index contributed by atoms with van der Waals surface area (Å²) < 4.78 is 5.03. The van der Waals surface area contributed by atoms with Crippen LogP contribution >= 0.6 is 0 Å². The summed E-state index contributed by atoms with van der Waals surface area (Å²) in [6.07, 6.45) is 1.72. The van der Waals surface area contributed by atoms with Gasteiger partial charge in [-0.3, -0.25) is 15.2 Å². The SMILES string of the molecule is CCOC(=O)C1CNNC1c1ccccn1. The first-order chi connectivity index (χ1) is 7.83. The number of esters is 1. The van der Waals surface area contributed by atoms with Gasteiger partial charge in [0, 0.05) is 12.7 Å². The molecule has 2 rings (SSSR count). The van der Waals surface area contributed by atoms with Crippen LogP contribution in [0.2, 0.25) is 0 Å². The number of ether oxygens (including phenoxy) is 1. The van der Waals surface area contributed by atoms with Gasteiger partial charge in [0.15, 0.2) is 0 Å². The summed E-state index contributed by atoms with van der Waals surface area (Å²) >= 11 is 0. The summed E-state index contributed by atoms with van der Waals surface area (Å²) in [5, 5.41) is 0. The van der Waals surface area contributed by atoms with Crippen LogP contribution in [0, 0.1) is 5.92 Å². The lowest BCUT2D eigenvalue weighted by Gasteiger charge is -2.16. The molecule has 86 valence electrons. The maximum absolute atomic E-state index is 11.7. The van der Waals surface area contributed by atoms with E-state index in [0.717, 1.165) is 5.69 Å². The van der Waals surface area contributed by atoms with E-state index in [9.17, 15) is 4.79 Å². The molecule has 1 aromatic heterocycles. The van der Waals surface area contributed by atoms with E-state index in [2.05, 4.69) is 15.8 Å². The van der Waals surface area contributed by atoms with Crippen LogP contribution in [0.5, 0.6) is 0 Å². The summed E-state index contributed by atoms with van der Waals surface area (Å²) in [7, 11) is 0. The average molecular weight is 221 g/mol. The van der Waals surface area contributed by atoms with Gasteiger partial charge in [-0.25, -0.2) is 5.43 Å². The van der Waals surface area contributed by atoms with Crippen molar-refractivity contribution in [3.63, 3.8) is 0 Å². The zero-order chi connectivity index (χ0) is 11.4. The Bertz CT molecular complexity index is 356. The van der Waals surface area contributed by atoms with Gasteiger partial charge in [0.05, 0.1) is 24.3 Å². The Morgan fingerprint density at radius 1 is 1.62 bits per heavy atom. The minimum atomic E-state index is -0.213. The molecule has 1 saturated heterocycles. The third kappa shape index (κ3) is 2.20. The number of aromatic nitrogens is 1. The molecule has 1 fully saturated rings. The molecule has 1 aromatic rings. The first kappa shape index (κ1) is 11.0. The second-order valence-electron chi connectivity index (χ2n) is 3.62. The van der Waals surface area contributed by atoms with Crippen LogP contribution in [-0.2, 0) is 9.53 Å². The molecule has 5 nitrogen and oxygen atoms in total. The van der Waals surface area contributed by atoms with E-state index in [-0.39, 0.29) is 17.9 Å². The smallest absolute Gasteiger partial charge is 0.312 e. The zero-order valence-electron chi connectivity index (χ0n) is 9.14. The van der Waals surface area contributed by atoms with E-state index >= 15 is 0 Å². The third-order valence-corrected chi connectivity index (χ3v) is 2.58. The van der Waals surface area contributed by atoms with E-state index in [1.165, 1.54) is 0 Å². The molecule has 0 saturated carbocycles. The fraction of sp³-hybridized carbons (Fsp3) is 0.455. The largest absolute Gasteiger partial charge is 0.466 e. The number of hydrazine groups is 1. The van der Waals surface area contributed by atoms with E-state index in [0.29, 0.717) is 13.2 Å². The number of hydrogen-bond acceptors (Lipinski definition) is 5. The van der Waals surface area contributed by atoms with Gasteiger partial charge in [-0.05, 0) is 19.1 Å². The Labute approximate surface area is 94.2 Å². The molecular formula is C11H15N3O2. The Morgan fingerprint density at radius 3 is 3.19 bits per heavy atom. The quantitative estimate of drug-likeness (QED) is 0.724. The fourth-order valence-electron chi connectivity index (χ4n) is 1.81. The van der Waals surface area contributed by atoms with Crippen molar-refractivity contribution in [3.8, 4) is 0 Å². The molecule has 0 spiro atoms. The summed E-state index contributed by atoms with van der Waals surface area (Å²) in [6, 6.07) is 5.55. The molecule has 0 aliphatic carbocycles. The lowest BCUT2D eigenvalue weighted by atomic mass is 9.99. The zero-order valence-corrected chi connectivity index (χ0v) is 9.14. The third-order valence-electron chi connectivity index (χ3n) is 2.58. The summed E-state index contributed by atoms with van der Waals surface area (Å²) in [4.78, 5) is 15.9. The second-order valence-corrected chi connectivity index (χ2v) is 3.62. The number of hydrogen-bond donors (Lipinski definition) is 2. The normalized spacial score (nSPS) is 24.3. The van der Waals surface area contributed by atoms with Gasteiger partial charge >= 0.3 is 5.97 Å². The van der Waals surface area contributed by atoms with Crippen LogP contribution in [-0.4, -0.2) is 24.1 Å². The molecule has 16 heavy (non-hydrogen) atoms. The summed E-state index contributed by atoms with van der Waals surface area (Å²) in [6.45, 7) is 2.79. The Kier molecular flexibility index (Phi) is 3.48. The minimum Gasteiger partial charge on any atom is -0.466 e. The van der Waals surface area contributed by atoms with E-state index in [1.54, 1.807) is 6.20 Å². The number of pyridine rings is 1. The van der Waals surface area contributed by atoms with Gasteiger partial charge in [-0.15, -0.1) is 0 Å². The highest BCUT2D eigenvalue weighted by Crippen LogP contribution is 2.23. The van der Waals surface area contributed by atoms with Crippen molar-refractivity contribution in [1.29, 1.82) is 0 Å². The topological polar surface area (TPSA) is 63.2 Å². The molecular weight excluding hydrogens is 206 g/mol.